The van der Waals surface area contributed by atoms with Crippen LogP contribution >= 0.6 is 11.6 Å². The van der Waals surface area contributed by atoms with Gasteiger partial charge in [-0.1, -0.05) is 75.8 Å². The van der Waals surface area contributed by atoms with Crippen LogP contribution in [0.1, 0.15) is 151 Å². The third-order valence-electron chi connectivity index (χ3n) is 14.9. The van der Waals surface area contributed by atoms with Crippen LogP contribution < -0.4 is 60.0 Å². The van der Waals surface area contributed by atoms with Crippen molar-refractivity contribution in [3.63, 3.8) is 0 Å². The van der Waals surface area contributed by atoms with Crippen LogP contribution in [0.2, 0.25) is 5.02 Å². The lowest BCUT2D eigenvalue weighted by molar-refractivity contribution is -0.140. The molecule has 1 aliphatic heterocycles. The molecule has 0 fully saturated rings. The Morgan fingerprint density at radius 1 is 0.810 bits per heavy atom. The Balaban J connectivity index is 0.0000119. The molecule has 2 aromatic rings. The topological polar surface area (TPSA) is 398 Å². The molecule has 84 heavy (non-hydrogen) atoms. The summed E-state index contributed by atoms with van der Waals surface area (Å²) in [5, 5.41) is 31.2. The van der Waals surface area contributed by atoms with Gasteiger partial charge in [-0.3, -0.25) is 69.2 Å². The summed E-state index contributed by atoms with van der Waals surface area (Å²) < 4.78 is 0. The number of hydrazine groups is 1. The van der Waals surface area contributed by atoms with Crippen molar-refractivity contribution in [1.29, 1.82) is 0 Å². The minimum absolute atomic E-state index is 0.0292. The highest BCUT2D eigenvalue weighted by atomic mass is 35.5. The van der Waals surface area contributed by atoms with E-state index in [0.717, 1.165) is 43.9 Å². The molecule has 0 aliphatic carbocycles. The molecule has 470 valence electrons. The van der Waals surface area contributed by atoms with Gasteiger partial charge in [0.25, 0.3) is 0 Å². The Kier molecular flexibility index (Phi) is 32.9. The molecule has 9 atom stereocenters. The summed E-state index contributed by atoms with van der Waals surface area (Å²) >= 11 is 6.26. The van der Waals surface area contributed by atoms with Gasteiger partial charge < -0.3 is 48.1 Å². The molecular formula is C59H95ClN12O12. The normalized spacial score (nSPS) is 24.2. The molecule has 0 spiro atoms. The number of fused-ring (bicyclic) bond motifs is 1. The number of hydrogen-bond donors (Lipinski definition) is 13. The zero-order valence-corrected chi connectivity index (χ0v) is 51.3. The monoisotopic (exact) mass is 1200 g/mol. The second kappa shape index (κ2) is 37.3. The smallest absolute Gasteiger partial charge is 0.246 e. The molecule has 3 rings (SSSR count). The Hall–Kier alpha value is -6.12. The van der Waals surface area contributed by atoms with Crippen LogP contribution in [0.25, 0.3) is 10.9 Å². The van der Waals surface area contributed by atoms with Crippen molar-refractivity contribution in [2.45, 2.75) is 199 Å². The van der Waals surface area contributed by atoms with Crippen molar-refractivity contribution in [2.24, 2.45) is 29.1 Å². The average Bonchev–Trinajstić information content (AvgIpc) is 3.80. The highest BCUT2D eigenvalue weighted by Gasteiger charge is 2.40. The second-order valence-corrected chi connectivity index (χ2v) is 23.0. The first kappa shape index (κ1) is 74.0. The maximum atomic E-state index is 14.5. The third kappa shape index (κ3) is 24.5. The number of halogens is 1. The standard InChI is InChI=1S/C58H90ClN11O12.CH5N/c1-34(2)26-40-31-62-43(22-23-48(60)74)52(78)50(76)37(5)66-54(80)45(27-39-30-63-44-28-41(59)20-21-42(39)44)64-32-47(73)57(7,65-29-35(3)72)24-18-16-14-12-10-9-11-13-15-17-19-25-58(8,69-53(40)79)56(82)68-46(33-71)55(81)67-36(4)49(75)51(77)38(6)70-61;1-2/h13,15,20-21,28,30,34,36-38,40,43,45-46,62-65,70-71H,9-12,14,16-19,22-27,29,31-33,61H2,1-8H3,(H2,60,74)(H,66,80)(H,67,81)(H,68,82)(H,69,79);2H2,1H3/b15-13+;/t36-,37?,38-,40+,43-,45-,46-,57+,58-;/m0./s1. The number of primary amides is 1. The van der Waals surface area contributed by atoms with Gasteiger partial charge in [0.2, 0.25) is 52.7 Å². The largest absolute Gasteiger partial charge is 0.394 e. The number of rotatable bonds is 19. The van der Waals surface area contributed by atoms with E-state index in [2.05, 4.69) is 53.4 Å². The molecule has 0 radical (unpaired) electrons. The molecule has 1 unspecified atom stereocenters. The van der Waals surface area contributed by atoms with Crippen molar-refractivity contribution >= 4 is 86.7 Å². The Morgan fingerprint density at radius 3 is 2.06 bits per heavy atom. The first-order valence-electron chi connectivity index (χ1n) is 29.1. The average molecular weight is 1200 g/mol. The van der Waals surface area contributed by atoms with Crippen molar-refractivity contribution in [1.82, 2.24) is 47.6 Å². The summed E-state index contributed by atoms with van der Waals surface area (Å²) in [4.78, 5) is 152. The number of Topliss-reactive ketones (excluding diaryl/α,β-unsaturated/α-hetero) is 6. The highest BCUT2D eigenvalue weighted by Crippen LogP contribution is 2.25. The van der Waals surface area contributed by atoms with Gasteiger partial charge in [0, 0.05) is 35.1 Å². The molecule has 0 saturated heterocycles. The molecule has 1 aromatic heterocycles. The van der Waals surface area contributed by atoms with Gasteiger partial charge >= 0.3 is 0 Å². The van der Waals surface area contributed by atoms with Crippen molar-refractivity contribution in [3.8, 4) is 0 Å². The summed E-state index contributed by atoms with van der Waals surface area (Å²) in [5.41, 5.74) is 10.7. The number of aromatic amines is 1. The van der Waals surface area contributed by atoms with Crippen LogP contribution in [0.15, 0.2) is 36.5 Å². The Labute approximate surface area is 499 Å². The van der Waals surface area contributed by atoms with Crippen LogP contribution in [0.4, 0.5) is 0 Å². The number of nitrogens with two attached hydrogens (primary N) is 3. The van der Waals surface area contributed by atoms with Gasteiger partial charge in [-0.25, -0.2) is 5.43 Å². The van der Waals surface area contributed by atoms with E-state index in [1.807, 2.05) is 26.0 Å². The minimum Gasteiger partial charge on any atom is -0.394 e. The summed E-state index contributed by atoms with van der Waals surface area (Å²) in [6, 6.07) is -2.75. The van der Waals surface area contributed by atoms with Gasteiger partial charge in [0.05, 0.1) is 61.4 Å². The fourth-order valence-electron chi connectivity index (χ4n) is 9.63. The number of allylic oxidation sites excluding steroid dienone is 2. The predicted molar refractivity (Wildman–Crippen MR) is 322 cm³/mol. The number of ketones is 6. The molecule has 1 aliphatic rings. The van der Waals surface area contributed by atoms with E-state index in [1.54, 1.807) is 31.3 Å². The van der Waals surface area contributed by atoms with Crippen LogP contribution in [-0.2, 0) is 59.2 Å². The number of hydrogen-bond acceptors (Lipinski definition) is 18. The van der Waals surface area contributed by atoms with E-state index in [1.165, 1.54) is 41.7 Å². The van der Waals surface area contributed by atoms with Crippen LogP contribution in [0.5, 0.6) is 0 Å². The van der Waals surface area contributed by atoms with Crippen molar-refractivity contribution in [3.05, 3.63) is 47.1 Å². The SMILES string of the molecule is CC(=O)CN[C@]1(C)CCCCCCCC/C=C/CCC[C@@](C)(C(=O)N[C@@H](CO)C(=O)N[C@@H](C)C(=O)C(=O)[C@H](C)NN)NC(=O)[C@H](CC(C)C)CN[C@@H](CCC(N)=O)C(=O)C(=O)C(C)NC(=O)[C@H](Cc2c[nH]c3cc(Cl)ccc23)NCC1=O.CN. The molecular weight excluding hydrogens is 1100 g/mol. The number of nitrogens with one attached hydrogen (secondary N) is 9. The molecule has 25 heteroatoms. The molecule has 5 amide bonds. The van der Waals surface area contributed by atoms with Gasteiger partial charge in [0.1, 0.15) is 17.4 Å². The van der Waals surface area contributed by atoms with E-state index in [4.69, 9.17) is 23.2 Å². The van der Waals surface area contributed by atoms with E-state index in [-0.39, 0.29) is 69.2 Å². The first-order valence-corrected chi connectivity index (χ1v) is 29.5. The fraction of sp³-hybridized carbons (Fsp3) is 0.644. The first-order chi connectivity index (χ1) is 39.7. The molecule has 1 aromatic carbocycles. The molecule has 24 nitrogen and oxygen atoms in total. The van der Waals surface area contributed by atoms with Crippen LogP contribution in [0, 0.1) is 11.8 Å². The molecule has 0 saturated carbocycles. The number of carbonyl (C=O) groups excluding carboxylic acids is 11. The number of aromatic nitrogens is 1. The van der Waals surface area contributed by atoms with E-state index < -0.39 is 113 Å². The highest BCUT2D eigenvalue weighted by molar-refractivity contribution is 6.41. The van der Waals surface area contributed by atoms with Crippen LogP contribution in [-0.4, -0.2) is 155 Å². The Morgan fingerprint density at radius 2 is 1.44 bits per heavy atom. The molecule has 16 N–H and O–H groups in total. The maximum absolute atomic E-state index is 14.5. The summed E-state index contributed by atoms with van der Waals surface area (Å²) in [6.45, 7) is 10.8. The number of carbonyl (C=O) groups is 11. The van der Waals surface area contributed by atoms with Gasteiger partial charge in [-0.2, -0.15) is 0 Å². The summed E-state index contributed by atoms with van der Waals surface area (Å²) in [5.74, 6) is -4.12. The van der Waals surface area contributed by atoms with Gasteiger partial charge in [0.15, 0.2) is 5.78 Å². The number of aliphatic hydroxyl groups excluding tert-OH is 1. The fourth-order valence-corrected chi connectivity index (χ4v) is 9.81. The summed E-state index contributed by atoms with van der Waals surface area (Å²) in [6.07, 6.45) is 12.7. The predicted octanol–water partition coefficient (Wildman–Crippen LogP) is 1.64. The summed E-state index contributed by atoms with van der Waals surface area (Å²) in [7, 11) is 1.50. The van der Waals surface area contributed by atoms with E-state index >= 15 is 0 Å². The zero-order chi connectivity index (χ0) is 63.3. The third-order valence-corrected chi connectivity index (χ3v) is 15.1. The van der Waals surface area contributed by atoms with Crippen molar-refractivity contribution < 1.29 is 57.8 Å². The van der Waals surface area contributed by atoms with Gasteiger partial charge in [-0.05, 0) is 130 Å². The minimum atomic E-state index is -1.72. The van der Waals surface area contributed by atoms with Gasteiger partial charge in [-0.15, -0.1) is 0 Å². The van der Waals surface area contributed by atoms with Crippen LogP contribution in [0.3, 0.4) is 0 Å². The lowest BCUT2D eigenvalue weighted by Crippen LogP contribution is -2.63. The Bertz CT molecular complexity index is 2590. The number of H-pyrrole nitrogens is 1. The van der Waals surface area contributed by atoms with Crippen molar-refractivity contribution in [2.75, 3.05) is 33.3 Å². The number of amides is 5. The lowest BCUT2D eigenvalue weighted by atomic mass is 9.88. The van der Waals surface area contributed by atoms with E-state index in [9.17, 15) is 57.8 Å². The quantitative estimate of drug-likeness (QED) is 0.0411. The zero-order valence-electron chi connectivity index (χ0n) is 50.6. The van der Waals surface area contributed by atoms with E-state index in [0.29, 0.717) is 41.8 Å². The number of aliphatic hydroxyl groups is 1. The molecule has 0 bridgehead atoms. The lowest BCUT2D eigenvalue weighted by Gasteiger charge is -2.33. The molecule has 2 heterocycles. The maximum Gasteiger partial charge on any atom is 0.246 e. The second-order valence-electron chi connectivity index (χ2n) is 22.6. The number of benzene rings is 1.